The van der Waals surface area contributed by atoms with Gasteiger partial charge in [0.25, 0.3) is 5.56 Å². The number of pyridine rings is 1. The fourth-order valence-electron chi connectivity index (χ4n) is 3.14. The predicted molar refractivity (Wildman–Crippen MR) is 108 cm³/mol. The number of aromatic nitrogens is 3. The molecule has 2 aliphatic rings. The molecule has 0 aliphatic carbocycles. The average molecular weight is 389 g/mol. The topological polar surface area (TPSA) is 75.3 Å². The third-order valence-corrected chi connectivity index (χ3v) is 4.52. The van der Waals surface area contributed by atoms with Gasteiger partial charge in [-0.15, -0.1) is 0 Å². The van der Waals surface area contributed by atoms with E-state index in [-0.39, 0.29) is 11.1 Å². The van der Waals surface area contributed by atoms with Crippen molar-refractivity contribution in [2.75, 3.05) is 13.7 Å². The second kappa shape index (κ2) is 7.63. The summed E-state index contributed by atoms with van der Waals surface area (Å²) in [6, 6.07) is 16.4. The molecular weight excluding hydrogens is 370 g/mol. The lowest BCUT2D eigenvalue weighted by molar-refractivity contribution is 0.0600. The summed E-state index contributed by atoms with van der Waals surface area (Å²) < 4.78 is 13.4. The lowest BCUT2D eigenvalue weighted by Gasteiger charge is -2.12. The first-order valence-corrected chi connectivity index (χ1v) is 9.14. The first-order valence-electron chi connectivity index (χ1n) is 9.14. The molecule has 0 saturated heterocycles. The number of methoxy groups -OCH3 is 1. The van der Waals surface area contributed by atoms with Gasteiger partial charge in [0.05, 0.1) is 25.0 Å². The Morgan fingerprint density at radius 1 is 1.00 bits per heavy atom. The molecule has 0 fully saturated rings. The molecule has 4 rings (SSSR count). The number of esters is 1. The summed E-state index contributed by atoms with van der Waals surface area (Å²) in [5.74, 6) is 0.181. The second-order valence-corrected chi connectivity index (χ2v) is 6.31. The Morgan fingerprint density at radius 2 is 1.72 bits per heavy atom. The minimum atomic E-state index is -0.562. The number of ether oxygens (including phenoxy) is 2. The Morgan fingerprint density at radius 3 is 2.38 bits per heavy atom. The molecule has 0 radical (unpaired) electrons. The predicted octanol–water partition coefficient (Wildman–Crippen LogP) is 3.31. The number of benzene rings is 2. The molecule has 7 nitrogen and oxygen atoms in total. The minimum Gasteiger partial charge on any atom is -0.494 e. The van der Waals surface area contributed by atoms with Crippen molar-refractivity contribution in [1.29, 1.82) is 0 Å². The maximum absolute atomic E-state index is 13.0. The number of rotatable bonds is 5. The van der Waals surface area contributed by atoms with E-state index in [1.165, 1.54) is 11.8 Å². The zero-order valence-electron chi connectivity index (χ0n) is 16.0. The summed E-state index contributed by atoms with van der Waals surface area (Å²) in [6.45, 7) is 2.49. The van der Waals surface area contributed by atoms with Crippen molar-refractivity contribution in [3.05, 3.63) is 82.9 Å². The van der Waals surface area contributed by atoms with Crippen molar-refractivity contribution < 1.29 is 14.3 Å². The van der Waals surface area contributed by atoms with Crippen LogP contribution < -0.4 is 10.3 Å². The second-order valence-electron chi connectivity index (χ2n) is 6.31. The Hall–Kier alpha value is -3.87. The van der Waals surface area contributed by atoms with Gasteiger partial charge in [0.2, 0.25) is 0 Å². The van der Waals surface area contributed by atoms with Crippen molar-refractivity contribution in [1.82, 2.24) is 14.3 Å². The molecule has 0 unspecified atom stereocenters. The van der Waals surface area contributed by atoms with Gasteiger partial charge in [-0.25, -0.2) is 4.79 Å². The third-order valence-electron chi connectivity index (χ3n) is 4.52. The molecule has 146 valence electrons. The zero-order valence-corrected chi connectivity index (χ0v) is 16.0. The van der Waals surface area contributed by atoms with Gasteiger partial charge in [-0.3, -0.25) is 4.79 Å². The monoisotopic (exact) mass is 389 g/mol. The Bertz CT molecular complexity index is 1180. The van der Waals surface area contributed by atoms with Gasteiger partial charge in [-0.05, 0) is 43.3 Å². The van der Waals surface area contributed by atoms with Crippen molar-refractivity contribution >= 4 is 5.97 Å². The van der Waals surface area contributed by atoms with E-state index in [0.29, 0.717) is 23.6 Å². The molecule has 29 heavy (non-hydrogen) atoms. The number of carbonyl (C=O) groups is 1. The maximum atomic E-state index is 13.0. The van der Waals surface area contributed by atoms with Gasteiger partial charge < -0.3 is 14.0 Å². The van der Waals surface area contributed by atoms with Crippen LogP contribution in [0.1, 0.15) is 17.3 Å². The summed E-state index contributed by atoms with van der Waals surface area (Å²) >= 11 is 0. The van der Waals surface area contributed by atoms with Crippen LogP contribution in [0, 0.1) is 0 Å². The molecule has 2 aliphatic heterocycles. The van der Waals surface area contributed by atoms with Crippen LogP contribution in [0.2, 0.25) is 0 Å². The quantitative estimate of drug-likeness (QED) is 0.490. The summed E-state index contributed by atoms with van der Waals surface area (Å²) in [4.78, 5) is 25.4. The van der Waals surface area contributed by atoms with Gasteiger partial charge in [-0.1, -0.05) is 18.2 Å². The van der Waals surface area contributed by atoms with Gasteiger partial charge in [0.15, 0.2) is 0 Å². The van der Waals surface area contributed by atoms with Gasteiger partial charge in [0.1, 0.15) is 17.0 Å². The van der Waals surface area contributed by atoms with Gasteiger partial charge in [-0.2, -0.15) is 9.78 Å². The number of hydrogen-bond acceptors (Lipinski definition) is 5. The number of para-hydroxylation sites is 1. The van der Waals surface area contributed by atoms with Crippen LogP contribution in [0.25, 0.3) is 22.6 Å². The van der Waals surface area contributed by atoms with Crippen molar-refractivity contribution in [3.8, 4) is 28.4 Å². The Kier molecular flexibility index (Phi) is 4.87. The van der Waals surface area contributed by atoms with E-state index in [0.717, 1.165) is 11.4 Å². The highest BCUT2D eigenvalue weighted by Gasteiger charge is 2.25. The summed E-state index contributed by atoms with van der Waals surface area (Å²) in [6.07, 6.45) is 3.29. The molecule has 2 aromatic carbocycles. The highest BCUT2D eigenvalue weighted by molar-refractivity contribution is 5.96. The molecule has 0 spiro atoms. The van der Waals surface area contributed by atoms with Crippen LogP contribution in [0.3, 0.4) is 0 Å². The van der Waals surface area contributed by atoms with E-state index >= 15 is 0 Å². The SMILES string of the molecule is CCOc1ccc(-n2cc(C(=O)OC)c3nn(-c4ccccc4)c(=O)c-3c2)cc1. The molecule has 0 aromatic heterocycles. The van der Waals surface area contributed by atoms with Crippen molar-refractivity contribution in [2.24, 2.45) is 0 Å². The number of hydrogen-bond donors (Lipinski definition) is 0. The third kappa shape index (κ3) is 3.38. The van der Waals surface area contributed by atoms with E-state index in [9.17, 15) is 9.59 Å². The lowest BCUT2D eigenvalue weighted by atomic mass is 10.1. The molecule has 2 aromatic rings. The Labute approximate surface area is 167 Å². The highest BCUT2D eigenvalue weighted by Crippen LogP contribution is 2.25. The van der Waals surface area contributed by atoms with Crippen LogP contribution in [0.4, 0.5) is 0 Å². The van der Waals surface area contributed by atoms with E-state index < -0.39 is 5.97 Å². The minimum absolute atomic E-state index is 0.214. The molecule has 2 heterocycles. The first kappa shape index (κ1) is 18.5. The number of fused-ring (bicyclic) bond motifs is 1. The molecule has 0 atom stereocenters. The molecule has 7 heteroatoms. The average Bonchev–Trinajstić information content (AvgIpc) is 3.10. The van der Waals surface area contributed by atoms with Crippen molar-refractivity contribution in [2.45, 2.75) is 6.92 Å². The van der Waals surface area contributed by atoms with Crippen LogP contribution in [-0.4, -0.2) is 34.0 Å². The number of carbonyl (C=O) groups excluding carboxylic acids is 1. The summed E-state index contributed by atoms with van der Waals surface area (Å²) in [5.41, 5.74) is 1.92. The zero-order chi connectivity index (χ0) is 20.4. The van der Waals surface area contributed by atoms with Crippen LogP contribution in [0.15, 0.2) is 71.8 Å². The van der Waals surface area contributed by atoms with Crippen LogP contribution in [-0.2, 0) is 4.74 Å². The van der Waals surface area contributed by atoms with E-state index in [4.69, 9.17) is 9.47 Å². The maximum Gasteiger partial charge on any atom is 0.341 e. The van der Waals surface area contributed by atoms with E-state index in [2.05, 4.69) is 5.10 Å². The van der Waals surface area contributed by atoms with Gasteiger partial charge >= 0.3 is 5.97 Å². The molecule has 0 amide bonds. The molecule has 0 bridgehead atoms. The lowest BCUT2D eigenvalue weighted by Crippen LogP contribution is -2.15. The molecular formula is C22H19N3O4. The molecule has 0 saturated carbocycles. The smallest absolute Gasteiger partial charge is 0.341 e. The number of nitrogens with zero attached hydrogens (tertiary/aromatic N) is 3. The highest BCUT2D eigenvalue weighted by atomic mass is 16.5. The van der Waals surface area contributed by atoms with E-state index in [1.54, 1.807) is 29.1 Å². The Balaban J connectivity index is 1.91. The molecule has 0 N–H and O–H groups in total. The van der Waals surface area contributed by atoms with Crippen LogP contribution in [0.5, 0.6) is 5.75 Å². The fraction of sp³-hybridized carbons (Fsp3) is 0.136. The normalized spacial score (nSPS) is 10.8. The van der Waals surface area contributed by atoms with Crippen LogP contribution >= 0.6 is 0 Å². The first-order chi connectivity index (χ1) is 14.1. The van der Waals surface area contributed by atoms with Crippen molar-refractivity contribution in [3.63, 3.8) is 0 Å². The fourth-order valence-corrected chi connectivity index (χ4v) is 3.14. The van der Waals surface area contributed by atoms with Gasteiger partial charge in [0, 0.05) is 18.1 Å². The summed E-state index contributed by atoms with van der Waals surface area (Å²) in [7, 11) is 1.30. The largest absolute Gasteiger partial charge is 0.494 e. The standard InChI is InChI=1S/C22H19N3O4/c1-3-29-17-11-9-15(10-12-17)24-13-18-20(19(14-24)22(27)28-2)23-25(21(18)26)16-7-5-4-6-8-16/h4-14H,3H2,1-2H3. The van der Waals surface area contributed by atoms with E-state index in [1.807, 2.05) is 49.4 Å². The summed E-state index contributed by atoms with van der Waals surface area (Å²) in [5, 5.41) is 4.39.